The van der Waals surface area contributed by atoms with Gasteiger partial charge >= 0.3 is 29.6 Å². The third kappa shape index (κ3) is 2.38. The van der Waals surface area contributed by atoms with Crippen molar-refractivity contribution in [3.63, 3.8) is 0 Å². The Labute approximate surface area is 88.9 Å². The van der Waals surface area contributed by atoms with E-state index in [9.17, 15) is 4.21 Å². The van der Waals surface area contributed by atoms with Crippen LogP contribution >= 0.6 is 0 Å². The fourth-order valence-electron chi connectivity index (χ4n) is 0.724. The van der Waals surface area contributed by atoms with Crippen LogP contribution in [0.1, 0.15) is 11.5 Å². The van der Waals surface area contributed by atoms with Crippen LogP contribution in [-0.4, -0.2) is 43.5 Å². The quantitative estimate of drug-likeness (QED) is 0.502. The van der Waals surface area contributed by atoms with Crippen molar-refractivity contribution in [3.05, 3.63) is 11.5 Å². The third-order valence-corrected chi connectivity index (χ3v) is 2.07. The van der Waals surface area contributed by atoms with Gasteiger partial charge in [-0.15, -0.1) is 0 Å². The number of hydrogen-bond donors (Lipinski definition) is 1. The Balaban J connectivity index is 0.000001000. The zero-order valence-corrected chi connectivity index (χ0v) is 6.44. The molecule has 6 heteroatoms. The maximum absolute atomic E-state index is 10.5. The Kier molecular flexibility index (Phi) is 4.50. The van der Waals surface area contributed by atoms with Gasteiger partial charge in [-0.3, -0.25) is 0 Å². The SMILES string of the molecule is Cc1noc(C)c1S(=O)O.[NaH]. The average molecular weight is 185 g/mol. The number of hydrogen-bond acceptors (Lipinski definition) is 3. The van der Waals surface area contributed by atoms with Crippen LogP contribution < -0.4 is 0 Å². The molecule has 0 amide bonds. The van der Waals surface area contributed by atoms with Crippen molar-refractivity contribution in [2.24, 2.45) is 0 Å². The van der Waals surface area contributed by atoms with Crippen molar-refractivity contribution in [1.29, 1.82) is 0 Å². The molecule has 1 rings (SSSR count). The summed E-state index contributed by atoms with van der Waals surface area (Å²) in [7, 11) is 0. The molecule has 0 aliphatic carbocycles. The van der Waals surface area contributed by atoms with Crippen LogP contribution in [-0.2, 0) is 11.1 Å². The molecule has 1 atom stereocenters. The topological polar surface area (TPSA) is 63.3 Å². The van der Waals surface area contributed by atoms with E-state index in [1.165, 1.54) is 0 Å². The number of nitrogens with zero attached hydrogens (tertiary/aromatic N) is 1. The standard InChI is InChI=1S/C5H7NO3S.Na.H/c1-3-5(10(7)8)4(2)9-6-3;;/h1-2H3,(H,7,8);;. The van der Waals surface area contributed by atoms with E-state index in [0.29, 0.717) is 11.5 Å². The fourth-order valence-corrected chi connectivity index (χ4v) is 1.30. The molecule has 0 aromatic carbocycles. The summed E-state index contributed by atoms with van der Waals surface area (Å²) in [5.74, 6) is 0.401. The van der Waals surface area contributed by atoms with Crippen LogP contribution in [0.3, 0.4) is 0 Å². The number of aromatic nitrogens is 1. The molecule has 11 heavy (non-hydrogen) atoms. The molecule has 0 fully saturated rings. The second kappa shape index (κ2) is 4.37. The van der Waals surface area contributed by atoms with Gasteiger partial charge < -0.3 is 9.08 Å². The van der Waals surface area contributed by atoms with Crippen LogP contribution in [0.5, 0.6) is 0 Å². The van der Waals surface area contributed by atoms with Gasteiger partial charge in [-0.25, -0.2) is 4.21 Å². The van der Waals surface area contributed by atoms with E-state index in [-0.39, 0.29) is 34.5 Å². The molecule has 0 bridgehead atoms. The summed E-state index contributed by atoms with van der Waals surface area (Å²) >= 11 is -1.98. The first-order valence-electron chi connectivity index (χ1n) is 2.66. The molecule has 58 valence electrons. The summed E-state index contributed by atoms with van der Waals surface area (Å²) in [6.45, 7) is 3.23. The van der Waals surface area contributed by atoms with Gasteiger partial charge in [0.05, 0.1) is 5.69 Å². The van der Waals surface area contributed by atoms with E-state index >= 15 is 0 Å². The maximum atomic E-state index is 10.5. The van der Waals surface area contributed by atoms with E-state index in [1.807, 2.05) is 0 Å². The van der Waals surface area contributed by atoms with Gasteiger partial charge in [-0.2, -0.15) is 0 Å². The minimum absolute atomic E-state index is 0. The van der Waals surface area contributed by atoms with E-state index in [4.69, 9.17) is 4.55 Å². The molecule has 1 unspecified atom stereocenters. The Morgan fingerprint density at radius 1 is 1.55 bits per heavy atom. The molecule has 1 heterocycles. The summed E-state index contributed by atoms with van der Waals surface area (Å²) in [6, 6.07) is 0. The molecule has 1 aromatic rings. The van der Waals surface area contributed by atoms with Crippen molar-refractivity contribution in [1.82, 2.24) is 5.16 Å². The Morgan fingerprint density at radius 2 is 2.09 bits per heavy atom. The third-order valence-electron chi connectivity index (χ3n) is 1.14. The first-order chi connectivity index (χ1) is 4.63. The molecule has 0 radical (unpaired) electrons. The van der Waals surface area contributed by atoms with Gasteiger partial charge in [0, 0.05) is 0 Å². The first-order valence-corrected chi connectivity index (χ1v) is 3.77. The van der Waals surface area contributed by atoms with Crippen LogP contribution in [0, 0.1) is 13.8 Å². The number of aryl methyl sites for hydroxylation is 2. The molecule has 0 aliphatic heterocycles. The average Bonchev–Trinajstić information content (AvgIpc) is 2.11. The van der Waals surface area contributed by atoms with Crippen molar-refractivity contribution in [3.8, 4) is 0 Å². The summed E-state index contributed by atoms with van der Waals surface area (Å²) in [5, 5.41) is 3.51. The second-order valence-electron chi connectivity index (χ2n) is 1.90. The van der Waals surface area contributed by atoms with Gasteiger partial charge in [-0.05, 0) is 13.8 Å². The van der Waals surface area contributed by atoms with Gasteiger partial charge in [0.1, 0.15) is 4.90 Å². The van der Waals surface area contributed by atoms with Gasteiger partial charge in [-0.1, -0.05) is 5.16 Å². The monoisotopic (exact) mass is 185 g/mol. The zero-order chi connectivity index (χ0) is 7.72. The van der Waals surface area contributed by atoms with Crippen LogP contribution in [0.2, 0.25) is 0 Å². The Bertz CT molecular complexity index is 253. The molecular formula is C5H8NNaO3S. The summed E-state index contributed by atoms with van der Waals surface area (Å²) in [6.07, 6.45) is 0. The van der Waals surface area contributed by atoms with Crippen LogP contribution in [0.4, 0.5) is 0 Å². The van der Waals surface area contributed by atoms with Crippen molar-refractivity contribution in [2.75, 3.05) is 0 Å². The van der Waals surface area contributed by atoms with E-state index in [1.54, 1.807) is 13.8 Å². The molecule has 4 nitrogen and oxygen atoms in total. The fraction of sp³-hybridized carbons (Fsp3) is 0.400. The first kappa shape index (κ1) is 11.3. The predicted molar refractivity (Wildman–Crippen MR) is 42.2 cm³/mol. The molecule has 0 saturated heterocycles. The van der Waals surface area contributed by atoms with E-state index in [0.717, 1.165) is 0 Å². The number of rotatable bonds is 1. The van der Waals surface area contributed by atoms with Gasteiger partial charge in [0.15, 0.2) is 16.8 Å². The van der Waals surface area contributed by atoms with E-state index in [2.05, 4.69) is 9.68 Å². The van der Waals surface area contributed by atoms with Crippen LogP contribution in [0.15, 0.2) is 9.42 Å². The molecule has 0 aliphatic rings. The normalized spacial score (nSPS) is 12.3. The van der Waals surface area contributed by atoms with Gasteiger partial charge in [0.25, 0.3) is 0 Å². The molecule has 0 spiro atoms. The minimum atomic E-state index is -1.98. The molecule has 0 saturated carbocycles. The van der Waals surface area contributed by atoms with Crippen molar-refractivity contribution in [2.45, 2.75) is 18.7 Å². The summed E-state index contributed by atoms with van der Waals surface area (Å²) in [5.41, 5.74) is 0.471. The summed E-state index contributed by atoms with van der Waals surface area (Å²) in [4.78, 5) is 0.278. The van der Waals surface area contributed by atoms with Crippen molar-refractivity contribution >= 4 is 40.6 Å². The predicted octanol–water partition coefficient (Wildman–Crippen LogP) is 0.224. The molecule has 1 aromatic heterocycles. The second-order valence-corrected chi connectivity index (χ2v) is 2.81. The summed E-state index contributed by atoms with van der Waals surface area (Å²) < 4.78 is 23.8. The van der Waals surface area contributed by atoms with Crippen LogP contribution in [0.25, 0.3) is 0 Å². The molecule has 1 N–H and O–H groups in total. The van der Waals surface area contributed by atoms with Crippen molar-refractivity contribution < 1.29 is 13.3 Å². The van der Waals surface area contributed by atoms with Gasteiger partial charge in [0.2, 0.25) is 0 Å². The Morgan fingerprint density at radius 3 is 2.27 bits per heavy atom. The zero-order valence-electron chi connectivity index (χ0n) is 5.62. The Hall–Kier alpha value is 0.320. The molecular weight excluding hydrogens is 177 g/mol. The van der Waals surface area contributed by atoms with E-state index < -0.39 is 11.1 Å².